The molecule has 0 saturated heterocycles. The van der Waals surface area contributed by atoms with Crippen molar-refractivity contribution in [3.63, 3.8) is 0 Å². The third kappa shape index (κ3) is 3.59. The predicted molar refractivity (Wildman–Crippen MR) is 110 cm³/mol. The molecule has 0 radical (unpaired) electrons. The maximum absolute atomic E-state index is 12.8. The molecule has 2 aromatic carbocycles. The lowest BCUT2D eigenvalue weighted by molar-refractivity contribution is 0.102. The summed E-state index contributed by atoms with van der Waals surface area (Å²) in [5.74, 6) is -0.299. The molecular formula is C20H17ClN4OS. The number of anilines is 1. The highest BCUT2D eigenvalue weighted by Gasteiger charge is 2.21. The zero-order chi connectivity index (χ0) is 19.0. The molecule has 0 spiro atoms. The van der Waals surface area contributed by atoms with Gasteiger partial charge in [-0.3, -0.25) is 10.1 Å². The Kier molecular flexibility index (Phi) is 4.68. The second-order valence-electron chi connectivity index (χ2n) is 6.34. The van der Waals surface area contributed by atoms with Gasteiger partial charge in [0.1, 0.15) is 5.15 Å². The quantitative estimate of drug-likeness (QED) is 0.524. The number of aromatic nitrogens is 3. The van der Waals surface area contributed by atoms with E-state index in [0.29, 0.717) is 28.1 Å². The Morgan fingerprint density at radius 3 is 2.63 bits per heavy atom. The molecule has 5 nitrogen and oxygen atoms in total. The molecular weight excluding hydrogens is 380 g/mol. The van der Waals surface area contributed by atoms with E-state index in [1.54, 1.807) is 11.6 Å². The Morgan fingerprint density at radius 2 is 1.89 bits per heavy atom. The number of aryl methyl sites for hydroxylation is 2. The standard InChI is InChI=1S/C20H17ClN4OS/c1-12-7-9-14(10-8-12)11-25-18(21)17(13(2)24-25)19(26)23-20-22-15-5-3-4-6-16(15)27-20/h3-10H,11H2,1-2H3,(H,22,23,26). The molecule has 0 bridgehead atoms. The van der Waals surface area contributed by atoms with Gasteiger partial charge in [-0.15, -0.1) is 0 Å². The fourth-order valence-electron chi connectivity index (χ4n) is 2.87. The monoisotopic (exact) mass is 396 g/mol. The summed E-state index contributed by atoms with van der Waals surface area (Å²) in [6, 6.07) is 15.9. The van der Waals surface area contributed by atoms with Crippen LogP contribution in [0.1, 0.15) is 27.2 Å². The first-order valence-corrected chi connectivity index (χ1v) is 9.66. The predicted octanol–water partition coefficient (Wildman–Crippen LogP) is 5.06. The van der Waals surface area contributed by atoms with E-state index < -0.39 is 0 Å². The van der Waals surface area contributed by atoms with Crippen molar-refractivity contribution in [2.24, 2.45) is 0 Å². The highest BCUT2D eigenvalue weighted by atomic mass is 35.5. The summed E-state index contributed by atoms with van der Waals surface area (Å²) in [5, 5.41) is 8.15. The van der Waals surface area contributed by atoms with Crippen LogP contribution in [0, 0.1) is 13.8 Å². The van der Waals surface area contributed by atoms with Crippen LogP contribution in [0.5, 0.6) is 0 Å². The number of hydrogen-bond acceptors (Lipinski definition) is 4. The molecule has 0 atom stereocenters. The Bertz CT molecular complexity index is 1100. The molecule has 4 rings (SSSR count). The van der Waals surface area contributed by atoms with Gasteiger partial charge < -0.3 is 0 Å². The average molecular weight is 397 g/mol. The minimum atomic E-state index is -0.299. The molecule has 4 aromatic rings. The average Bonchev–Trinajstić information content (AvgIpc) is 3.16. The third-order valence-corrected chi connectivity index (χ3v) is 5.60. The number of nitrogens with zero attached hydrogens (tertiary/aromatic N) is 3. The third-order valence-electron chi connectivity index (χ3n) is 4.26. The van der Waals surface area contributed by atoms with Crippen LogP contribution < -0.4 is 5.32 Å². The van der Waals surface area contributed by atoms with Gasteiger partial charge in [-0.2, -0.15) is 5.10 Å². The van der Waals surface area contributed by atoms with E-state index in [-0.39, 0.29) is 5.91 Å². The Labute approximate surface area is 165 Å². The van der Waals surface area contributed by atoms with Gasteiger partial charge in [0.25, 0.3) is 5.91 Å². The second-order valence-corrected chi connectivity index (χ2v) is 7.72. The molecule has 136 valence electrons. The first kappa shape index (κ1) is 17.7. The molecule has 2 heterocycles. The van der Waals surface area contributed by atoms with Crippen molar-refractivity contribution in [2.45, 2.75) is 20.4 Å². The van der Waals surface area contributed by atoms with Gasteiger partial charge in [0, 0.05) is 0 Å². The molecule has 2 aromatic heterocycles. The van der Waals surface area contributed by atoms with Crippen LogP contribution in [0.4, 0.5) is 5.13 Å². The van der Waals surface area contributed by atoms with E-state index in [1.165, 1.54) is 16.9 Å². The van der Waals surface area contributed by atoms with Crippen molar-refractivity contribution in [3.05, 3.63) is 76.1 Å². The molecule has 0 fully saturated rings. The van der Waals surface area contributed by atoms with Crippen molar-refractivity contribution >= 4 is 44.2 Å². The number of amides is 1. The zero-order valence-electron chi connectivity index (χ0n) is 14.9. The van der Waals surface area contributed by atoms with E-state index in [0.717, 1.165) is 15.8 Å². The van der Waals surface area contributed by atoms with Crippen molar-refractivity contribution < 1.29 is 4.79 Å². The van der Waals surface area contributed by atoms with Crippen LogP contribution in [-0.2, 0) is 6.54 Å². The Morgan fingerprint density at radius 1 is 1.15 bits per heavy atom. The maximum Gasteiger partial charge on any atom is 0.262 e. The molecule has 0 aliphatic heterocycles. The lowest BCUT2D eigenvalue weighted by atomic mass is 10.1. The van der Waals surface area contributed by atoms with Crippen LogP contribution in [-0.4, -0.2) is 20.7 Å². The van der Waals surface area contributed by atoms with E-state index in [4.69, 9.17) is 11.6 Å². The number of carbonyl (C=O) groups excluding carboxylic acids is 1. The molecule has 0 aliphatic rings. The summed E-state index contributed by atoms with van der Waals surface area (Å²) in [7, 11) is 0. The van der Waals surface area contributed by atoms with E-state index >= 15 is 0 Å². The number of benzene rings is 2. The van der Waals surface area contributed by atoms with Gasteiger partial charge in [-0.1, -0.05) is 64.9 Å². The lowest BCUT2D eigenvalue weighted by Crippen LogP contribution is -2.13. The van der Waals surface area contributed by atoms with Gasteiger partial charge in [0.05, 0.1) is 28.0 Å². The highest BCUT2D eigenvalue weighted by Crippen LogP contribution is 2.27. The number of para-hydroxylation sites is 1. The minimum Gasteiger partial charge on any atom is -0.298 e. The van der Waals surface area contributed by atoms with Crippen molar-refractivity contribution in [2.75, 3.05) is 5.32 Å². The van der Waals surface area contributed by atoms with Crippen LogP contribution in [0.2, 0.25) is 5.15 Å². The van der Waals surface area contributed by atoms with Gasteiger partial charge in [-0.05, 0) is 31.5 Å². The molecule has 1 amide bonds. The van der Waals surface area contributed by atoms with Crippen LogP contribution in [0.25, 0.3) is 10.2 Å². The first-order valence-electron chi connectivity index (χ1n) is 8.46. The largest absolute Gasteiger partial charge is 0.298 e. The number of fused-ring (bicyclic) bond motifs is 1. The van der Waals surface area contributed by atoms with E-state index in [1.807, 2.05) is 55.5 Å². The molecule has 27 heavy (non-hydrogen) atoms. The molecule has 7 heteroatoms. The molecule has 1 N–H and O–H groups in total. The summed E-state index contributed by atoms with van der Waals surface area (Å²) in [6.07, 6.45) is 0. The lowest BCUT2D eigenvalue weighted by Gasteiger charge is -2.05. The number of hydrogen-bond donors (Lipinski definition) is 1. The topological polar surface area (TPSA) is 59.8 Å². The van der Waals surface area contributed by atoms with Crippen LogP contribution in [0.15, 0.2) is 48.5 Å². The number of halogens is 1. The number of rotatable bonds is 4. The van der Waals surface area contributed by atoms with Crippen LogP contribution in [0.3, 0.4) is 0 Å². The van der Waals surface area contributed by atoms with Crippen LogP contribution >= 0.6 is 22.9 Å². The first-order chi connectivity index (χ1) is 13.0. The van der Waals surface area contributed by atoms with Gasteiger partial charge >= 0.3 is 0 Å². The number of carbonyl (C=O) groups is 1. The number of nitrogens with one attached hydrogen (secondary N) is 1. The normalized spacial score (nSPS) is 11.1. The van der Waals surface area contributed by atoms with Crippen molar-refractivity contribution in [1.82, 2.24) is 14.8 Å². The summed E-state index contributed by atoms with van der Waals surface area (Å²) in [5.41, 5.74) is 4.09. The summed E-state index contributed by atoms with van der Waals surface area (Å²) in [6.45, 7) is 4.33. The Balaban J connectivity index is 1.58. The fraction of sp³-hybridized carbons (Fsp3) is 0.150. The van der Waals surface area contributed by atoms with Crippen molar-refractivity contribution in [3.8, 4) is 0 Å². The molecule has 0 unspecified atom stereocenters. The Hall–Kier alpha value is -2.70. The van der Waals surface area contributed by atoms with Gasteiger partial charge in [-0.25, -0.2) is 9.67 Å². The van der Waals surface area contributed by atoms with E-state index in [2.05, 4.69) is 15.4 Å². The highest BCUT2D eigenvalue weighted by molar-refractivity contribution is 7.22. The molecule has 0 aliphatic carbocycles. The number of thiazole rings is 1. The fourth-order valence-corrected chi connectivity index (χ4v) is 4.05. The van der Waals surface area contributed by atoms with E-state index in [9.17, 15) is 4.79 Å². The SMILES string of the molecule is Cc1ccc(Cn2nc(C)c(C(=O)Nc3nc4ccccc4s3)c2Cl)cc1. The molecule has 0 saturated carbocycles. The van der Waals surface area contributed by atoms with Crippen molar-refractivity contribution in [1.29, 1.82) is 0 Å². The summed E-state index contributed by atoms with van der Waals surface area (Å²) < 4.78 is 2.67. The minimum absolute atomic E-state index is 0.299. The maximum atomic E-state index is 12.8. The zero-order valence-corrected chi connectivity index (χ0v) is 16.4. The smallest absolute Gasteiger partial charge is 0.262 e. The van der Waals surface area contributed by atoms with Gasteiger partial charge in [0.15, 0.2) is 5.13 Å². The second kappa shape index (κ2) is 7.13. The summed E-state index contributed by atoms with van der Waals surface area (Å²) >= 11 is 7.90. The summed E-state index contributed by atoms with van der Waals surface area (Å²) in [4.78, 5) is 17.2. The van der Waals surface area contributed by atoms with Gasteiger partial charge in [0.2, 0.25) is 0 Å².